The second-order valence-electron chi connectivity index (χ2n) is 8.99. The normalized spacial score (nSPS) is 15.9. The highest BCUT2D eigenvalue weighted by atomic mass is 19.4. The fourth-order valence-electron chi connectivity index (χ4n) is 4.04. The molecule has 0 atom stereocenters. The third kappa shape index (κ3) is 5.29. The highest BCUT2D eigenvalue weighted by Crippen LogP contribution is 2.36. The SMILES string of the molecule is N#Cc1ccc(N2CCc3c(ncnc3Nc3ccc(C(=O)NCC4(O)CC4)nn3)C2)cc1C(F)(F)F. The number of fused-ring (bicyclic) bond motifs is 1. The molecule has 0 saturated heterocycles. The monoisotopic (exact) mass is 510 g/mol. The summed E-state index contributed by atoms with van der Waals surface area (Å²) in [6.45, 7) is 0.833. The van der Waals surface area contributed by atoms with Crippen LogP contribution in [0.25, 0.3) is 0 Å². The van der Waals surface area contributed by atoms with E-state index in [0.29, 0.717) is 48.8 Å². The van der Waals surface area contributed by atoms with Gasteiger partial charge in [-0.1, -0.05) is 0 Å². The fraction of sp³-hybridized carbons (Fsp3) is 0.333. The Morgan fingerprint density at radius 1 is 1.19 bits per heavy atom. The molecule has 190 valence electrons. The van der Waals surface area contributed by atoms with E-state index in [2.05, 4.69) is 30.8 Å². The second kappa shape index (κ2) is 9.29. The number of carbonyl (C=O) groups is 1. The lowest BCUT2D eigenvalue weighted by Crippen LogP contribution is -2.33. The molecule has 1 fully saturated rings. The van der Waals surface area contributed by atoms with E-state index in [1.807, 2.05) is 0 Å². The molecular weight excluding hydrogens is 489 g/mol. The average molecular weight is 510 g/mol. The summed E-state index contributed by atoms with van der Waals surface area (Å²) in [5.74, 6) is 0.404. The molecule has 3 heterocycles. The molecule has 1 aliphatic carbocycles. The highest BCUT2D eigenvalue weighted by molar-refractivity contribution is 5.92. The lowest BCUT2D eigenvalue weighted by atomic mass is 10.0. The van der Waals surface area contributed by atoms with Crippen molar-refractivity contribution >= 4 is 23.2 Å². The van der Waals surface area contributed by atoms with Crippen LogP contribution < -0.4 is 15.5 Å². The van der Waals surface area contributed by atoms with Crippen LogP contribution in [-0.2, 0) is 19.1 Å². The number of carbonyl (C=O) groups excluding carboxylic acids is 1. The molecule has 0 spiro atoms. The number of aromatic nitrogens is 4. The molecule has 3 N–H and O–H groups in total. The van der Waals surface area contributed by atoms with E-state index in [-0.39, 0.29) is 18.8 Å². The van der Waals surface area contributed by atoms with Crippen LogP contribution in [-0.4, -0.2) is 49.9 Å². The number of rotatable bonds is 6. The van der Waals surface area contributed by atoms with E-state index in [1.165, 1.54) is 24.5 Å². The zero-order chi connectivity index (χ0) is 26.2. The number of anilines is 3. The van der Waals surface area contributed by atoms with Crippen molar-refractivity contribution in [2.45, 2.75) is 37.6 Å². The number of amides is 1. The number of halogens is 3. The molecule has 10 nitrogen and oxygen atoms in total. The fourth-order valence-corrected chi connectivity index (χ4v) is 4.04. The van der Waals surface area contributed by atoms with Crippen LogP contribution in [0.5, 0.6) is 0 Å². The summed E-state index contributed by atoms with van der Waals surface area (Å²) < 4.78 is 40.2. The Morgan fingerprint density at radius 2 is 2.00 bits per heavy atom. The molecule has 37 heavy (non-hydrogen) atoms. The van der Waals surface area contributed by atoms with Crippen LogP contribution in [0.1, 0.15) is 45.7 Å². The Morgan fingerprint density at radius 3 is 2.68 bits per heavy atom. The van der Waals surface area contributed by atoms with Crippen molar-refractivity contribution < 1.29 is 23.1 Å². The van der Waals surface area contributed by atoms with Crippen LogP contribution >= 0.6 is 0 Å². The summed E-state index contributed by atoms with van der Waals surface area (Å²) in [5, 5.41) is 32.5. The Bertz CT molecular complexity index is 1380. The molecule has 1 aliphatic heterocycles. The number of nitrogens with one attached hydrogen (secondary N) is 2. The van der Waals surface area contributed by atoms with Crippen LogP contribution in [0.2, 0.25) is 0 Å². The van der Waals surface area contributed by atoms with Crippen molar-refractivity contribution in [2.75, 3.05) is 23.3 Å². The number of nitriles is 1. The van der Waals surface area contributed by atoms with Crippen LogP contribution in [0.3, 0.4) is 0 Å². The Hall–Kier alpha value is -4.31. The van der Waals surface area contributed by atoms with Gasteiger partial charge in [0.05, 0.1) is 35.0 Å². The van der Waals surface area contributed by atoms with E-state index < -0.39 is 28.8 Å². The lowest BCUT2D eigenvalue weighted by molar-refractivity contribution is -0.137. The molecule has 5 rings (SSSR count). The van der Waals surface area contributed by atoms with Crippen molar-refractivity contribution in [1.82, 2.24) is 25.5 Å². The molecule has 1 saturated carbocycles. The zero-order valence-electron chi connectivity index (χ0n) is 19.4. The van der Waals surface area contributed by atoms with Gasteiger partial charge in [0.15, 0.2) is 11.5 Å². The Labute approximate surface area is 209 Å². The summed E-state index contributed by atoms with van der Waals surface area (Å²) in [6.07, 6.45) is -1.52. The average Bonchev–Trinajstić information content (AvgIpc) is 3.64. The maximum atomic E-state index is 13.4. The van der Waals surface area contributed by atoms with Crippen molar-refractivity contribution in [1.29, 1.82) is 5.26 Å². The first-order valence-electron chi connectivity index (χ1n) is 11.5. The second-order valence-corrected chi connectivity index (χ2v) is 8.99. The zero-order valence-corrected chi connectivity index (χ0v) is 19.4. The maximum absolute atomic E-state index is 13.4. The molecule has 0 bridgehead atoms. The number of benzene rings is 1. The molecule has 1 amide bonds. The highest BCUT2D eigenvalue weighted by Gasteiger charge is 2.40. The van der Waals surface area contributed by atoms with Gasteiger partial charge < -0.3 is 20.6 Å². The first kappa shape index (κ1) is 24.4. The quantitative estimate of drug-likeness (QED) is 0.457. The number of nitrogens with zero attached hydrogens (tertiary/aromatic N) is 6. The van der Waals surface area contributed by atoms with Gasteiger partial charge in [-0.3, -0.25) is 4.79 Å². The molecular formula is C24H21F3N8O2. The van der Waals surface area contributed by atoms with E-state index in [1.54, 1.807) is 17.0 Å². The van der Waals surface area contributed by atoms with E-state index >= 15 is 0 Å². The summed E-state index contributed by atoms with van der Waals surface area (Å²) in [5.41, 5.74) is -0.315. The van der Waals surface area contributed by atoms with Gasteiger partial charge in [-0.25, -0.2) is 9.97 Å². The molecule has 2 aromatic heterocycles. The number of hydrogen-bond donors (Lipinski definition) is 3. The van der Waals surface area contributed by atoms with Gasteiger partial charge in [0.2, 0.25) is 0 Å². The van der Waals surface area contributed by atoms with Crippen LogP contribution in [0, 0.1) is 11.3 Å². The van der Waals surface area contributed by atoms with Gasteiger partial charge in [-0.15, -0.1) is 10.2 Å². The summed E-state index contributed by atoms with van der Waals surface area (Å²) in [4.78, 5) is 22.5. The lowest BCUT2D eigenvalue weighted by Gasteiger charge is -2.31. The van der Waals surface area contributed by atoms with E-state index in [4.69, 9.17) is 5.26 Å². The Balaban J connectivity index is 1.29. The number of aliphatic hydroxyl groups is 1. The van der Waals surface area contributed by atoms with Crippen molar-refractivity contribution in [3.05, 3.63) is 64.7 Å². The van der Waals surface area contributed by atoms with Crippen molar-refractivity contribution in [2.24, 2.45) is 0 Å². The van der Waals surface area contributed by atoms with Gasteiger partial charge in [0.1, 0.15) is 12.1 Å². The summed E-state index contributed by atoms with van der Waals surface area (Å²) in [6, 6.07) is 8.33. The van der Waals surface area contributed by atoms with Gasteiger partial charge in [0, 0.05) is 24.3 Å². The minimum absolute atomic E-state index is 0.107. The van der Waals surface area contributed by atoms with Crippen LogP contribution in [0.15, 0.2) is 36.7 Å². The predicted octanol–water partition coefficient (Wildman–Crippen LogP) is 2.72. The predicted molar refractivity (Wildman–Crippen MR) is 125 cm³/mol. The molecule has 13 heteroatoms. The number of alkyl halides is 3. The van der Waals surface area contributed by atoms with Crippen LogP contribution in [0.4, 0.5) is 30.5 Å². The first-order valence-corrected chi connectivity index (χ1v) is 11.5. The summed E-state index contributed by atoms with van der Waals surface area (Å²) in [7, 11) is 0. The number of hydrogen-bond acceptors (Lipinski definition) is 9. The molecule has 1 aromatic carbocycles. The summed E-state index contributed by atoms with van der Waals surface area (Å²) >= 11 is 0. The molecule has 2 aliphatic rings. The minimum atomic E-state index is -4.64. The van der Waals surface area contributed by atoms with Gasteiger partial charge in [-0.05, 0) is 49.6 Å². The van der Waals surface area contributed by atoms with Gasteiger partial charge in [0.25, 0.3) is 5.91 Å². The van der Waals surface area contributed by atoms with E-state index in [9.17, 15) is 23.1 Å². The first-order chi connectivity index (χ1) is 17.6. The standard InChI is InChI=1S/C24H21F3N8O2/c25-24(26,27)17-9-15(2-1-14(17)10-28)35-8-5-16-19(11-35)30-13-31-21(16)32-20-4-3-18(33-34-20)22(36)29-12-23(37)6-7-23/h1-4,9,13,37H,5-8,11-12H2,(H,29,36)(H,30,31,32,34). The van der Waals surface area contributed by atoms with Gasteiger partial charge >= 0.3 is 6.18 Å². The third-order valence-corrected chi connectivity index (χ3v) is 6.35. The molecule has 3 aromatic rings. The molecule has 0 radical (unpaired) electrons. The topological polar surface area (TPSA) is 140 Å². The third-order valence-electron chi connectivity index (χ3n) is 6.35. The van der Waals surface area contributed by atoms with Crippen molar-refractivity contribution in [3.8, 4) is 6.07 Å². The van der Waals surface area contributed by atoms with Crippen molar-refractivity contribution in [3.63, 3.8) is 0 Å². The smallest absolute Gasteiger partial charge is 0.388 e. The largest absolute Gasteiger partial charge is 0.417 e. The van der Waals surface area contributed by atoms with E-state index in [0.717, 1.165) is 11.6 Å². The molecule has 0 unspecified atom stereocenters. The maximum Gasteiger partial charge on any atom is 0.417 e. The van der Waals surface area contributed by atoms with Gasteiger partial charge in [-0.2, -0.15) is 18.4 Å². The minimum Gasteiger partial charge on any atom is -0.388 e. The Kier molecular flexibility index (Phi) is 6.12.